The number of allylic oxidation sites excluding steroid dienone is 2. The molecule has 2 aromatic carbocycles. The lowest BCUT2D eigenvalue weighted by Crippen LogP contribution is -2.61. The Kier molecular flexibility index (Phi) is 13.9. The number of carbonyl (C=O) groups is 4. The van der Waals surface area contributed by atoms with Gasteiger partial charge in [0.05, 0.1) is 17.8 Å². The summed E-state index contributed by atoms with van der Waals surface area (Å²) in [6, 6.07) is 11.6. The number of rotatable bonds is 7. The molecule has 2 aromatic rings. The molecule has 1 saturated heterocycles. The zero-order chi connectivity index (χ0) is 40.0. The highest BCUT2D eigenvalue weighted by Crippen LogP contribution is 2.42. The first-order valence-electron chi connectivity index (χ1n) is 18.6. The fourth-order valence-electron chi connectivity index (χ4n) is 6.91. The molecule has 12 heteroatoms. The Balaban J connectivity index is 1.81. The Morgan fingerprint density at radius 1 is 1.04 bits per heavy atom. The maximum absolute atomic E-state index is 14.3. The van der Waals surface area contributed by atoms with E-state index in [0.29, 0.717) is 24.0 Å². The highest BCUT2D eigenvalue weighted by Gasteiger charge is 2.61. The van der Waals surface area contributed by atoms with Gasteiger partial charge in [0.25, 0.3) is 5.91 Å². The fraction of sp³-hybridized carbons (Fsp3) is 0.524. The van der Waals surface area contributed by atoms with Crippen molar-refractivity contribution in [3.63, 3.8) is 0 Å². The second-order valence-corrected chi connectivity index (χ2v) is 15.4. The summed E-state index contributed by atoms with van der Waals surface area (Å²) in [4.78, 5) is 58.1. The van der Waals surface area contributed by atoms with Crippen molar-refractivity contribution < 1.29 is 43.6 Å². The number of esters is 1. The van der Waals surface area contributed by atoms with Crippen LogP contribution in [0.4, 0.5) is 0 Å². The van der Waals surface area contributed by atoms with Gasteiger partial charge in [-0.3, -0.25) is 14.4 Å². The van der Waals surface area contributed by atoms with Gasteiger partial charge in [0.15, 0.2) is 11.6 Å². The van der Waals surface area contributed by atoms with E-state index >= 15 is 0 Å². The van der Waals surface area contributed by atoms with E-state index in [0.717, 1.165) is 5.57 Å². The van der Waals surface area contributed by atoms with Gasteiger partial charge in [0, 0.05) is 32.9 Å². The number of phenols is 1. The second kappa shape index (κ2) is 17.7. The number of nitrogens with zero attached hydrogens (tertiary/aromatic N) is 1. The number of nitrogens with one attached hydrogen (secondary N) is 2. The molecule has 0 bridgehead atoms. The molecule has 3 amide bonds. The number of hydrogen-bond acceptors (Lipinski definition) is 9. The predicted molar refractivity (Wildman–Crippen MR) is 204 cm³/mol. The van der Waals surface area contributed by atoms with Gasteiger partial charge in [-0.1, -0.05) is 87.9 Å². The van der Waals surface area contributed by atoms with Crippen LogP contribution in [0.5, 0.6) is 5.75 Å². The number of phenolic OH excluding ortho intramolecular Hbond substituents is 1. The number of hydrogen-bond donors (Lipinski definition) is 4. The zero-order valence-electron chi connectivity index (χ0n) is 32.9. The third kappa shape index (κ3) is 10.2. The van der Waals surface area contributed by atoms with Crippen LogP contribution in [0.3, 0.4) is 0 Å². The summed E-state index contributed by atoms with van der Waals surface area (Å²) in [5, 5.41) is 26.7. The van der Waals surface area contributed by atoms with Crippen LogP contribution >= 0.6 is 0 Å². The van der Waals surface area contributed by atoms with Crippen molar-refractivity contribution in [1.82, 2.24) is 15.5 Å². The van der Waals surface area contributed by atoms with E-state index in [9.17, 15) is 29.4 Å². The number of ether oxygens (including phenoxy) is 3. The first-order valence-corrected chi connectivity index (χ1v) is 18.6. The number of aromatic hydroxyl groups is 1. The van der Waals surface area contributed by atoms with E-state index in [-0.39, 0.29) is 36.0 Å². The van der Waals surface area contributed by atoms with Crippen molar-refractivity contribution in [3.05, 3.63) is 89.5 Å². The van der Waals surface area contributed by atoms with Crippen molar-refractivity contribution in [2.45, 2.75) is 115 Å². The van der Waals surface area contributed by atoms with Crippen molar-refractivity contribution in [3.8, 4) is 5.75 Å². The summed E-state index contributed by atoms with van der Waals surface area (Å²) < 4.78 is 18.0. The van der Waals surface area contributed by atoms with Crippen LogP contribution in [0.2, 0.25) is 0 Å². The van der Waals surface area contributed by atoms with Gasteiger partial charge in [-0.05, 0) is 62.4 Å². The summed E-state index contributed by atoms with van der Waals surface area (Å²) in [5.41, 5.74) is -0.768. The molecule has 9 atom stereocenters. The number of methoxy groups -OCH3 is 1. The summed E-state index contributed by atoms with van der Waals surface area (Å²) in [7, 11) is 3.16. The first-order chi connectivity index (χ1) is 25.4. The molecule has 4 N–H and O–H groups in total. The van der Waals surface area contributed by atoms with Gasteiger partial charge in [-0.2, -0.15) is 0 Å². The molecule has 0 saturated carbocycles. The molecule has 12 nitrogen and oxygen atoms in total. The Labute approximate surface area is 318 Å². The van der Waals surface area contributed by atoms with E-state index in [2.05, 4.69) is 10.6 Å². The van der Waals surface area contributed by atoms with Gasteiger partial charge < -0.3 is 40.0 Å². The van der Waals surface area contributed by atoms with Gasteiger partial charge in [-0.25, -0.2) is 4.79 Å². The molecule has 0 aromatic heterocycles. The predicted octanol–water partition coefficient (Wildman–Crippen LogP) is 4.55. The lowest BCUT2D eigenvalue weighted by atomic mass is 9.93. The molecule has 2 heterocycles. The Morgan fingerprint density at radius 2 is 1.69 bits per heavy atom. The number of fused-ring (bicyclic) bond motifs is 1. The van der Waals surface area contributed by atoms with E-state index < -0.39 is 59.3 Å². The number of carbonyl (C=O) groups excluding carboxylic acids is 4. The molecular weight excluding hydrogens is 690 g/mol. The highest BCUT2D eigenvalue weighted by atomic mass is 16.6. The van der Waals surface area contributed by atoms with E-state index in [1.54, 1.807) is 33.2 Å². The highest BCUT2D eigenvalue weighted by molar-refractivity contribution is 5.96. The third-order valence-electron chi connectivity index (χ3n) is 10.6. The minimum absolute atomic E-state index is 0.0230. The average Bonchev–Trinajstić information content (AvgIpc) is 3.80. The number of epoxide rings is 1. The molecule has 2 aliphatic rings. The summed E-state index contributed by atoms with van der Waals surface area (Å²) >= 11 is 0. The number of cyclic esters (lactones) is 1. The lowest BCUT2D eigenvalue weighted by Gasteiger charge is -2.35. The van der Waals surface area contributed by atoms with E-state index in [1.807, 2.05) is 76.3 Å². The average molecular weight is 748 g/mol. The van der Waals surface area contributed by atoms with Crippen LogP contribution in [0, 0.1) is 11.8 Å². The van der Waals surface area contributed by atoms with Crippen LogP contribution in [0.15, 0.2) is 78.4 Å². The maximum Gasteiger partial charge on any atom is 0.332 e. The maximum atomic E-state index is 14.3. The molecule has 4 rings (SSSR count). The third-order valence-corrected chi connectivity index (χ3v) is 10.6. The van der Waals surface area contributed by atoms with Crippen LogP contribution in [0.25, 0.3) is 0 Å². The topological polar surface area (TPSA) is 167 Å². The minimum Gasteiger partial charge on any atom is -0.508 e. The number of aliphatic hydroxyl groups is 1. The van der Waals surface area contributed by atoms with Gasteiger partial charge in [-0.15, -0.1) is 0 Å². The van der Waals surface area contributed by atoms with Crippen molar-refractivity contribution >= 4 is 23.7 Å². The molecule has 0 aliphatic carbocycles. The van der Waals surface area contributed by atoms with Crippen LogP contribution in [-0.2, 0) is 39.8 Å². The molecule has 294 valence electrons. The largest absolute Gasteiger partial charge is 0.508 e. The first kappa shape index (κ1) is 42.2. The molecule has 0 unspecified atom stereocenters. The van der Waals surface area contributed by atoms with Gasteiger partial charge >= 0.3 is 5.97 Å². The molecule has 54 heavy (non-hydrogen) atoms. The molecule has 2 aliphatic heterocycles. The number of amides is 3. The van der Waals surface area contributed by atoms with Crippen molar-refractivity contribution in [2.24, 2.45) is 11.8 Å². The number of benzene rings is 2. The monoisotopic (exact) mass is 747 g/mol. The summed E-state index contributed by atoms with van der Waals surface area (Å²) in [5.74, 6) is -3.22. The Morgan fingerprint density at radius 3 is 2.28 bits per heavy atom. The summed E-state index contributed by atoms with van der Waals surface area (Å²) in [6.45, 7) is 12.1. The summed E-state index contributed by atoms with van der Waals surface area (Å²) in [6.07, 6.45) is 4.96. The Hall–Kier alpha value is -4.52. The van der Waals surface area contributed by atoms with E-state index in [1.165, 1.54) is 30.9 Å². The van der Waals surface area contributed by atoms with Crippen LogP contribution < -0.4 is 10.6 Å². The lowest BCUT2D eigenvalue weighted by molar-refractivity contribution is -0.162. The van der Waals surface area contributed by atoms with E-state index in [4.69, 9.17) is 14.2 Å². The van der Waals surface area contributed by atoms with Gasteiger partial charge in [0.1, 0.15) is 23.9 Å². The second-order valence-electron chi connectivity index (χ2n) is 15.4. The minimum atomic E-state index is -1.79. The fourth-order valence-corrected chi connectivity index (χ4v) is 6.91. The quantitative estimate of drug-likeness (QED) is 0.235. The van der Waals surface area contributed by atoms with Crippen LogP contribution in [0.1, 0.15) is 78.5 Å². The van der Waals surface area contributed by atoms with Crippen LogP contribution in [-0.4, -0.2) is 94.5 Å². The Bertz CT molecular complexity index is 1690. The smallest absolute Gasteiger partial charge is 0.332 e. The molecule has 1 fully saturated rings. The number of likely N-dealkylation sites (N-methyl/N-ethyl adjacent to an activating group) is 1. The molecule has 0 spiro atoms. The van der Waals surface area contributed by atoms with Crippen molar-refractivity contribution in [2.75, 3.05) is 14.2 Å². The standard InChI is InChI=1S/C42H57N3O9/c1-10-25(2)34-38(48)43-31(23-28-19-21-30(46)22-20-28)37(47)44-36(41(5,6)51)39(49)53-35(29-17-12-11-13-18-29)27(4)16-14-15-26(3)32(52-9)24-33-42(7,54-33)40(50)45(34)8/h11-22,25,27,31-36,46,51H,10,23-24H2,1-9H3,(H,43,48)(H,44,47)/b16-14-,26-15-/t25-,27+,31+,32+,33-,34-,35-,36+,42+/m0/s1. The normalized spacial score (nSPS) is 31.4. The SMILES string of the molecule is CC[C@H](C)[C@H]1C(=O)N[C@H](Cc2ccc(O)cc2)C(=O)N[C@@H](C(C)(C)O)C(=O)O[C@H](c2ccccc2)[C@H](C)/C=C\C=C(\C)[C@H](OC)C[C@@H]2O[C@@]2(C)C(=O)N1C. The van der Waals surface area contributed by atoms with Gasteiger partial charge in [0.2, 0.25) is 11.8 Å². The zero-order valence-corrected chi connectivity index (χ0v) is 32.9. The molecular formula is C42H57N3O9. The van der Waals surface area contributed by atoms with Crippen molar-refractivity contribution in [1.29, 1.82) is 0 Å². The molecule has 0 radical (unpaired) electrons.